The lowest BCUT2D eigenvalue weighted by molar-refractivity contribution is -0.122. The lowest BCUT2D eigenvalue weighted by Gasteiger charge is -2.26. The molecule has 1 N–H and O–H groups in total. The molecule has 4 aromatic rings. The molecular formula is C28H22ClN3O4. The molecule has 0 bridgehead atoms. The number of aromatic nitrogens is 1. The third kappa shape index (κ3) is 4.61. The summed E-state index contributed by atoms with van der Waals surface area (Å²) < 4.78 is 7.90. The highest BCUT2D eigenvalue weighted by molar-refractivity contribution is 6.39. The van der Waals surface area contributed by atoms with E-state index in [-0.39, 0.29) is 5.57 Å². The number of ether oxygens (including phenoxy) is 1. The van der Waals surface area contributed by atoms with Crippen LogP contribution >= 0.6 is 11.6 Å². The molecule has 180 valence electrons. The molecule has 5 rings (SSSR count). The van der Waals surface area contributed by atoms with Crippen molar-refractivity contribution < 1.29 is 19.1 Å². The number of hydrogen-bond acceptors (Lipinski definition) is 4. The van der Waals surface area contributed by atoms with E-state index in [1.165, 1.54) is 6.08 Å². The van der Waals surface area contributed by atoms with Gasteiger partial charge in [-0.15, -0.1) is 0 Å². The average molecular weight is 500 g/mol. The van der Waals surface area contributed by atoms with E-state index in [9.17, 15) is 14.4 Å². The highest BCUT2D eigenvalue weighted by Gasteiger charge is 2.37. The van der Waals surface area contributed by atoms with Crippen LogP contribution in [0.2, 0.25) is 5.02 Å². The van der Waals surface area contributed by atoms with Crippen LogP contribution in [0.15, 0.2) is 84.6 Å². The Morgan fingerprint density at radius 1 is 0.944 bits per heavy atom. The highest BCUT2D eigenvalue weighted by atomic mass is 35.5. The summed E-state index contributed by atoms with van der Waals surface area (Å²) in [5.74, 6) is -0.656. The summed E-state index contributed by atoms with van der Waals surface area (Å²) in [6.07, 6.45) is 3.40. The fraction of sp³-hybridized carbons (Fsp3) is 0.107. The largest absolute Gasteiger partial charge is 0.492 e. The summed E-state index contributed by atoms with van der Waals surface area (Å²) in [7, 11) is 0. The number of carbonyl (C=O) groups is 3. The Morgan fingerprint density at radius 3 is 2.42 bits per heavy atom. The average Bonchev–Trinajstić information content (AvgIpc) is 3.21. The third-order valence-electron chi connectivity index (χ3n) is 5.93. The van der Waals surface area contributed by atoms with Crippen LogP contribution in [0.5, 0.6) is 5.75 Å². The number of rotatable bonds is 6. The number of aryl methyl sites for hydroxylation is 1. The summed E-state index contributed by atoms with van der Waals surface area (Å²) in [6.45, 7) is 3.02. The molecule has 0 spiro atoms. The van der Waals surface area contributed by atoms with Gasteiger partial charge in [-0.05, 0) is 55.5 Å². The normalized spacial score (nSPS) is 15.0. The maximum Gasteiger partial charge on any atom is 0.335 e. The smallest absolute Gasteiger partial charge is 0.335 e. The molecule has 0 unspecified atom stereocenters. The van der Waals surface area contributed by atoms with Crippen LogP contribution in [0.1, 0.15) is 11.1 Å². The van der Waals surface area contributed by atoms with Gasteiger partial charge in [0.15, 0.2) is 0 Å². The number of halogens is 1. The first-order valence-electron chi connectivity index (χ1n) is 11.3. The molecule has 1 aliphatic heterocycles. The number of anilines is 1. The Hall–Kier alpha value is -4.36. The van der Waals surface area contributed by atoms with Gasteiger partial charge in [-0.25, -0.2) is 9.69 Å². The fourth-order valence-corrected chi connectivity index (χ4v) is 4.24. The molecule has 1 aliphatic rings. The van der Waals surface area contributed by atoms with Crippen LogP contribution in [0.4, 0.5) is 10.5 Å². The molecule has 0 atom stereocenters. The van der Waals surface area contributed by atoms with E-state index in [2.05, 4.69) is 5.32 Å². The zero-order valence-corrected chi connectivity index (χ0v) is 20.2. The van der Waals surface area contributed by atoms with Gasteiger partial charge < -0.3 is 9.30 Å². The van der Waals surface area contributed by atoms with Crippen molar-refractivity contribution in [3.63, 3.8) is 0 Å². The molecule has 2 heterocycles. The number of benzene rings is 3. The number of fused-ring (bicyclic) bond motifs is 1. The second-order valence-electron chi connectivity index (χ2n) is 8.39. The Bertz CT molecular complexity index is 1500. The van der Waals surface area contributed by atoms with Crippen LogP contribution < -0.4 is 15.0 Å². The van der Waals surface area contributed by atoms with Gasteiger partial charge in [0.1, 0.15) is 17.9 Å². The van der Waals surface area contributed by atoms with Crippen molar-refractivity contribution in [2.24, 2.45) is 0 Å². The van der Waals surface area contributed by atoms with E-state index in [4.69, 9.17) is 16.3 Å². The van der Waals surface area contributed by atoms with Crippen molar-refractivity contribution in [1.29, 1.82) is 0 Å². The molecule has 7 nitrogen and oxygen atoms in total. The van der Waals surface area contributed by atoms with Gasteiger partial charge in [0, 0.05) is 27.7 Å². The van der Waals surface area contributed by atoms with E-state index in [1.807, 2.05) is 66.2 Å². The van der Waals surface area contributed by atoms with Crippen molar-refractivity contribution in [3.8, 4) is 5.75 Å². The number of nitrogens with one attached hydrogen (secondary N) is 1. The molecule has 3 aromatic carbocycles. The number of barbiturate groups is 1. The van der Waals surface area contributed by atoms with Crippen molar-refractivity contribution in [2.75, 3.05) is 11.5 Å². The molecule has 36 heavy (non-hydrogen) atoms. The number of carbonyl (C=O) groups excluding carboxylic acids is 3. The van der Waals surface area contributed by atoms with Crippen molar-refractivity contribution in [3.05, 3.63) is 101 Å². The summed E-state index contributed by atoms with van der Waals surface area (Å²) in [5.41, 5.74) is 2.96. The zero-order chi connectivity index (χ0) is 25.2. The van der Waals surface area contributed by atoms with Crippen LogP contribution in [0.3, 0.4) is 0 Å². The Balaban J connectivity index is 1.44. The van der Waals surface area contributed by atoms with Gasteiger partial charge in [-0.1, -0.05) is 47.5 Å². The molecular weight excluding hydrogens is 478 g/mol. The van der Waals surface area contributed by atoms with Gasteiger partial charge in [0.05, 0.1) is 12.2 Å². The SMILES string of the molecule is Cc1ccc(OCCn2cc(C=C3C(=O)NC(=O)N(c4ccc(Cl)cc4)C3=O)c3ccccc32)cc1. The van der Waals surface area contributed by atoms with Crippen LogP contribution in [-0.2, 0) is 16.1 Å². The summed E-state index contributed by atoms with van der Waals surface area (Å²) in [5, 5.41) is 3.59. The maximum atomic E-state index is 13.2. The third-order valence-corrected chi connectivity index (χ3v) is 6.18. The fourth-order valence-electron chi connectivity index (χ4n) is 4.11. The quantitative estimate of drug-likeness (QED) is 0.286. The Morgan fingerprint density at radius 2 is 1.67 bits per heavy atom. The van der Waals surface area contributed by atoms with Gasteiger partial charge in [-0.2, -0.15) is 0 Å². The Labute approximate surface area is 212 Å². The molecule has 1 aromatic heterocycles. The van der Waals surface area contributed by atoms with E-state index in [1.54, 1.807) is 24.3 Å². The number of nitrogens with zero attached hydrogens (tertiary/aromatic N) is 2. The summed E-state index contributed by atoms with van der Waals surface area (Å²) in [4.78, 5) is 39.3. The molecule has 0 saturated carbocycles. The van der Waals surface area contributed by atoms with Crippen LogP contribution in [0.25, 0.3) is 17.0 Å². The number of imide groups is 2. The van der Waals surface area contributed by atoms with E-state index >= 15 is 0 Å². The molecule has 4 amide bonds. The van der Waals surface area contributed by atoms with E-state index in [0.29, 0.717) is 29.4 Å². The second kappa shape index (κ2) is 9.71. The van der Waals surface area contributed by atoms with Gasteiger partial charge >= 0.3 is 6.03 Å². The molecule has 1 saturated heterocycles. The second-order valence-corrected chi connectivity index (χ2v) is 8.83. The minimum Gasteiger partial charge on any atom is -0.492 e. The minimum atomic E-state index is -0.805. The first-order valence-corrected chi connectivity index (χ1v) is 11.7. The lowest BCUT2D eigenvalue weighted by Crippen LogP contribution is -2.54. The van der Waals surface area contributed by atoms with Crippen LogP contribution in [-0.4, -0.2) is 29.0 Å². The first kappa shape index (κ1) is 23.4. The minimum absolute atomic E-state index is 0.136. The van der Waals surface area contributed by atoms with E-state index in [0.717, 1.165) is 27.1 Å². The topological polar surface area (TPSA) is 80.6 Å². The Kier molecular flexibility index (Phi) is 6.31. The number of hydrogen-bond donors (Lipinski definition) is 1. The molecule has 8 heteroatoms. The standard InChI is InChI=1S/C28H22ClN3O4/c1-18-6-12-22(13-7-18)36-15-14-31-17-19(23-4-2-3-5-25(23)31)16-24-26(33)30-28(35)32(27(24)34)21-10-8-20(29)9-11-21/h2-13,16-17H,14-15H2,1H3,(H,30,33,35). The summed E-state index contributed by atoms with van der Waals surface area (Å²) >= 11 is 5.94. The molecule has 1 fully saturated rings. The van der Waals surface area contributed by atoms with Crippen molar-refractivity contribution in [1.82, 2.24) is 9.88 Å². The first-order chi connectivity index (χ1) is 17.4. The lowest BCUT2D eigenvalue weighted by atomic mass is 10.1. The van der Waals surface area contributed by atoms with Gasteiger partial charge in [0.2, 0.25) is 0 Å². The van der Waals surface area contributed by atoms with Crippen molar-refractivity contribution in [2.45, 2.75) is 13.5 Å². The predicted octanol–water partition coefficient (Wildman–Crippen LogP) is 5.35. The van der Waals surface area contributed by atoms with E-state index < -0.39 is 17.8 Å². The monoisotopic (exact) mass is 499 g/mol. The number of para-hydroxylation sites is 1. The zero-order valence-electron chi connectivity index (χ0n) is 19.4. The van der Waals surface area contributed by atoms with Gasteiger partial charge in [-0.3, -0.25) is 14.9 Å². The molecule has 0 aliphatic carbocycles. The van der Waals surface area contributed by atoms with Gasteiger partial charge in [0.25, 0.3) is 11.8 Å². The summed E-state index contributed by atoms with van der Waals surface area (Å²) in [6, 6.07) is 21.0. The molecule has 0 radical (unpaired) electrons. The van der Waals surface area contributed by atoms with Crippen molar-refractivity contribution >= 4 is 52.1 Å². The predicted molar refractivity (Wildman–Crippen MR) is 139 cm³/mol. The number of amides is 4. The number of urea groups is 1. The highest BCUT2D eigenvalue weighted by Crippen LogP contribution is 2.27. The maximum absolute atomic E-state index is 13.2. The van der Waals surface area contributed by atoms with Crippen LogP contribution in [0, 0.1) is 6.92 Å².